The fourth-order valence-electron chi connectivity index (χ4n) is 1.69. The number of rotatable bonds is 2. The van der Waals surface area contributed by atoms with E-state index in [0.29, 0.717) is 5.56 Å². The number of aryl methyl sites for hydroxylation is 1. The molecule has 0 unspecified atom stereocenters. The molecular weight excluding hydrogens is 200 g/mol. The highest BCUT2D eigenvalue weighted by atomic mass is 16.5. The van der Waals surface area contributed by atoms with Gasteiger partial charge in [0.05, 0.1) is 18.4 Å². The molecule has 0 saturated heterocycles. The fraction of sp³-hybridized carbons (Fsp3) is 0.154. The molecule has 1 aromatic heterocycles. The van der Waals surface area contributed by atoms with Crippen LogP contribution in [0.25, 0.3) is 11.3 Å². The summed E-state index contributed by atoms with van der Waals surface area (Å²) in [5.41, 5.74) is 3.42. The third kappa shape index (κ3) is 1.66. The van der Waals surface area contributed by atoms with Gasteiger partial charge < -0.3 is 9.72 Å². The minimum atomic E-state index is 0.668. The fourth-order valence-corrected chi connectivity index (χ4v) is 1.69. The van der Waals surface area contributed by atoms with Gasteiger partial charge in [-0.1, -0.05) is 12.1 Å². The quantitative estimate of drug-likeness (QED) is 0.832. The maximum atomic E-state index is 8.90. The summed E-state index contributed by atoms with van der Waals surface area (Å²) in [6, 6.07) is 11.7. The van der Waals surface area contributed by atoms with Crippen molar-refractivity contribution in [2.75, 3.05) is 7.11 Å². The third-order valence-electron chi connectivity index (χ3n) is 2.53. The Balaban J connectivity index is 2.55. The van der Waals surface area contributed by atoms with Crippen LogP contribution in [0, 0.1) is 18.3 Å². The average Bonchev–Trinajstić information content (AvgIpc) is 2.70. The molecule has 3 heteroatoms. The topological polar surface area (TPSA) is 48.8 Å². The standard InChI is InChI=1S/C13H12N2O/c1-9-10(8-14)7-12(15-9)11-5-3-4-6-13(11)16-2/h3-7,15H,1-2H3. The lowest BCUT2D eigenvalue weighted by Gasteiger charge is -2.05. The molecule has 0 saturated carbocycles. The van der Waals surface area contributed by atoms with Gasteiger partial charge in [0.2, 0.25) is 0 Å². The van der Waals surface area contributed by atoms with Crippen molar-refractivity contribution in [1.82, 2.24) is 4.98 Å². The number of hydrogen-bond acceptors (Lipinski definition) is 2. The van der Waals surface area contributed by atoms with Crippen molar-refractivity contribution < 1.29 is 4.74 Å². The molecular formula is C13H12N2O. The molecule has 2 aromatic rings. The van der Waals surface area contributed by atoms with E-state index in [4.69, 9.17) is 10.00 Å². The van der Waals surface area contributed by atoms with Gasteiger partial charge >= 0.3 is 0 Å². The van der Waals surface area contributed by atoms with E-state index in [2.05, 4.69) is 11.1 Å². The summed E-state index contributed by atoms with van der Waals surface area (Å²) in [6.45, 7) is 1.89. The number of para-hydroxylation sites is 1. The summed E-state index contributed by atoms with van der Waals surface area (Å²) < 4.78 is 5.28. The molecule has 1 N–H and O–H groups in total. The lowest BCUT2D eigenvalue weighted by molar-refractivity contribution is 0.416. The van der Waals surface area contributed by atoms with Crippen LogP contribution in [-0.2, 0) is 0 Å². The van der Waals surface area contributed by atoms with Crippen LogP contribution in [0.4, 0.5) is 0 Å². The Kier molecular flexibility index (Phi) is 2.65. The zero-order valence-corrected chi connectivity index (χ0v) is 9.24. The van der Waals surface area contributed by atoms with Gasteiger partial charge in [-0.2, -0.15) is 5.26 Å². The van der Waals surface area contributed by atoms with Gasteiger partial charge in [-0.25, -0.2) is 0 Å². The van der Waals surface area contributed by atoms with Crippen molar-refractivity contribution in [3.8, 4) is 23.1 Å². The van der Waals surface area contributed by atoms with E-state index in [1.165, 1.54) is 0 Å². The second-order valence-electron chi connectivity index (χ2n) is 3.53. The summed E-state index contributed by atoms with van der Waals surface area (Å²) in [7, 11) is 1.64. The van der Waals surface area contributed by atoms with Crippen molar-refractivity contribution in [2.45, 2.75) is 6.92 Å². The Labute approximate surface area is 94.3 Å². The first kappa shape index (κ1) is 10.3. The second kappa shape index (κ2) is 4.11. The van der Waals surface area contributed by atoms with E-state index in [1.807, 2.05) is 37.3 Å². The van der Waals surface area contributed by atoms with Crippen LogP contribution in [-0.4, -0.2) is 12.1 Å². The van der Waals surface area contributed by atoms with E-state index in [0.717, 1.165) is 22.7 Å². The van der Waals surface area contributed by atoms with Gasteiger partial charge in [0.1, 0.15) is 11.8 Å². The highest BCUT2D eigenvalue weighted by molar-refractivity contribution is 5.69. The number of ether oxygens (including phenoxy) is 1. The number of methoxy groups -OCH3 is 1. The Morgan fingerprint density at radius 3 is 2.69 bits per heavy atom. The predicted molar refractivity (Wildman–Crippen MR) is 62.2 cm³/mol. The highest BCUT2D eigenvalue weighted by Crippen LogP contribution is 2.29. The number of H-pyrrole nitrogens is 1. The molecule has 16 heavy (non-hydrogen) atoms. The van der Waals surface area contributed by atoms with Gasteiger partial charge in [-0.05, 0) is 25.1 Å². The first-order valence-corrected chi connectivity index (χ1v) is 4.99. The number of benzene rings is 1. The molecule has 0 spiro atoms. The summed E-state index contributed by atoms with van der Waals surface area (Å²) >= 11 is 0. The molecule has 80 valence electrons. The number of nitrogens with one attached hydrogen (secondary N) is 1. The maximum Gasteiger partial charge on any atom is 0.128 e. The molecule has 0 atom stereocenters. The van der Waals surface area contributed by atoms with Gasteiger partial charge in [0.15, 0.2) is 0 Å². The van der Waals surface area contributed by atoms with E-state index >= 15 is 0 Å². The number of aromatic amines is 1. The summed E-state index contributed by atoms with van der Waals surface area (Å²) in [6.07, 6.45) is 0. The van der Waals surface area contributed by atoms with Crippen molar-refractivity contribution in [3.05, 3.63) is 41.6 Å². The van der Waals surface area contributed by atoms with Crippen LogP contribution in [0.1, 0.15) is 11.3 Å². The van der Waals surface area contributed by atoms with Crippen molar-refractivity contribution in [2.24, 2.45) is 0 Å². The van der Waals surface area contributed by atoms with Gasteiger partial charge in [-0.15, -0.1) is 0 Å². The van der Waals surface area contributed by atoms with Crippen LogP contribution < -0.4 is 4.74 Å². The molecule has 0 aliphatic heterocycles. The van der Waals surface area contributed by atoms with Crippen LogP contribution in [0.5, 0.6) is 5.75 Å². The molecule has 2 rings (SSSR count). The molecule has 1 aromatic carbocycles. The SMILES string of the molecule is COc1ccccc1-c1cc(C#N)c(C)[nH]1. The Morgan fingerprint density at radius 2 is 2.06 bits per heavy atom. The minimum absolute atomic E-state index is 0.668. The van der Waals surface area contributed by atoms with Gasteiger partial charge in [0.25, 0.3) is 0 Å². The summed E-state index contributed by atoms with van der Waals surface area (Å²) in [5.74, 6) is 0.799. The van der Waals surface area contributed by atoms with E-state index in [-0.39, 0.29) is 0 Å². The zero-order valence-electron chi connectivity index (χ0n) is 9.24. The summed E-state index contributed by atoms with van der Waals surface area (Å²) in [5, 5.41) is 8.90. The molecule has 0 bridgehead atoms. The predicted octanol–water partition coefficient (Wildman–Crippen LogP) is 2.87. The van der Waals surface area contributed by atoms with Crippen LogP contribution in [0.2, 0.25) is 0 Å². The van der Waals surface area contributed by atoms with Crippen LogP contribution in [0.3, 0.4) is 0 Å². The normalized spacial score (nSPS) is 9.81. The van der Waals surface area contributed by atoms with Crippen LogP contribution >= 0.6 is 0 Å². The molecule has 0 fully saturated rings. The first-order valence-electron chi connectivity index (χ1n) is 4.99. The van der Waals surface area contributed by atoms with Crippen LogP contribution in [0.15, 0.2) is 30.3 Å². The lowest BCUT2D eigenvalue weighted by Crippen LogP contribution is -1.87. The molecule has 0 radical (unpaired) electrons. The smallest absolute Gasteiger partial charge is 0.128 e. The number of aromatic nitrogens is 1. The van der Waals surface area contributed by atoms with Crippen molar-refractivity contribution in [1.29, 1.82) is 5.26 Å². The average molecular weight is 212 g/mol. The largest absolute Gasteiger partial charge is 0.496 e. The van der Waals surface area contributed by atoms with E-state index < -0.39 is 0 Å². The van der Waals surface area contributed by atoms with Gasteiger partial charge in [-0.3, -0.25) is 0 Å². The second-order valence-corrected chi connectivity index (χ2v) is 3.53. The first-order chi connectivity index (χ1) is 7.76. The van der Waals surface area contributed by atoms with Crippen molar-refractivity contribution in [3.63, 3.8) is 0 Å². The Morgan fingerprint density at radius 1 is 1.31 bits per heavy atom. The molecule has 3 nitrogen and oxygen atoms in total. The van der Waals surface area contributed by atoms with Gasteiger partial charge in [0, 0.05) is 11.3 Å². The van der Waals surface area contributed by atoms with E-state index in [1.54, 1.807) is 7.11 Å². The molecule has 0 amide bonds. The highest BCUT2D eigenvalue weighted by Gasteiger charge is 2.09. The number of hydrogen-bond donors (Lipinski definition) is 1. The van der Waals surface area contributed by atoms with Crippen molar-refractivity contribution >= 4 is 0 Å². The zero-order chi connectivity index (χ0) is 11.5. The monoisotopic (exact) mass is 212 g/mol. The molecule has 1 heterocycles. The number of nitrogens with zero attached hydrogens (tertiary/aromatic N) is 1. The third-order valence-corrected chi connectivity index (χ3v) is 2.53. The molecule has 0 aliphatic rings. The number of nitriles is 1. The Hall–Kier alpha value is -2.21. The Bertz CT molecular complexity index is 549. The summed E-state index contributed by atoms with van der Waals surface area (Å²) in [4.78, 5) is 3.18. The lowest BCUT2D eigenvalue weighted by atomic mass is 10.1. The minimum Gasteiger partial charge on any atom is -0.496 e. The molecule has 0 aliphatic carbocycles. The van der Waals surface area contributed by atoms with E-state index in [9.17, 15) is 0 Å². The maximum absolute atomic E-state index is 8.90.